The third-order valence-corrected chi connectivity index (χ3v) is 1.42. The first kappa shape index (κ1) is 70.4. The van der Waals surface area contributed by atoms with Gasteiger partial charge in [0.05, 0.1) is 0 Å². The summed E-state index contributed by atoms with van der Waals surface area (Å²) in [5.74, 6) is 0.167. The fraction of sp³-hybridized carbons (Fsp3) is 0.909. The van der Waals surface area contributed by atoms with Crippen molar-refractivity contribution >= 4 is 15.6 Å². The molecule has 12 heteroatoms. The average molecular weight is 690 g/mol. The predicted octanol–water partition coefficient (Wildman–Crippen LogP) is 9.22. The van der Waals surface area contributed by atoms with Crippen LogP contribution in [0.1, 0.15) is 98.9 Å². The summed E-state index contributed by atoms with van der Waals surface area (Å²) in [7, 11) is -2.67. The van der Waals surface area contributed by atoms with Crippen molar-refractivity contribution in [1.29, 1.82) is 0 Å². The summed E-state index contributed by atoms with van der Waals surface area (Å²) in [6.07, 6.45) is -6.17. The van der Waals surface area contributed by atoms with Crippen LogP contribution in [0.4, 0.5) is 26.3 Å². The Morgan fingerprint density at radius 1 is 0.647 bits per heavy atom. The third kappa shape index (κ3) is 93.2. The van der Waals surface area contributed by atoms with Gasteiger partial charge in [0.15, 0.2) is 5.41 Å². The molecule has 34 heavy (non-hydrogen) atoms. The van der Waals surface area contributed by atoms with Crippen molar-refractivity contribution in [3.63, 3.8) is 0 Å². The van der Waals surface area contributed by atoms with E-state index in [2.05, 4.69) is 27.7 Å². The topological polar surface area (TPSA) is 51.2 Å². The van der Waals surface area contributed by atoms with E-state index < -0.39 is 27.6 Å². The monoisotopic (exact) mass is 689 g/mol. The van der Waals surface area contributed by atoms with Crippen LogP contribution in [0.25, 0.3) is 0 Å². The summed E-state index contributed by atoms with van der Waals surface area (Å²) in [6.45, 7) is 16.0. The van der Waals surface area contributed by atoms with Crippen molar-refractivity contribution in [2.24, 2.45) is 10.8 Å². The molecule has 0 heterocycles. The maximum Gasteiger partial charge on any atom is 0.402 e. The molecule has 0 aliphatic rings. The molecule has 0 aromatic heterocycles. The van der Waals surface area contributed by atoms with Crippen molar-refractivity contribution < 1.29 is 105 Å². The fourth-order valence-corrected chi connectivity index (χ4v) is 0.161. The number of carbonyl (C=O) groups excluding carboxylic acids is 1. The largest absolute Gasteiger partial charge is 0.402 e. The van der Waals surface area contributed by atoms with Gasteiger partial charge in [-0.1, -0.05) is 57.4 Å². The van der Waals surface area contributed by atoms with E-state index in [1.807, 2.05) is 20.3 Å². The number of halogens is 6. The van der Waals surface area contributed by atoms with E-state index in [0.717, 1.165) is 12.5 Å². The molecule has 0 spiro atoms. The van der Waals surface area contributed by atoms with Gasteiger partial charge in [0, 0.05) is 77.9 Å². The van der Waals surface area contributed by atoms with Crippen LogP contribution in [0.15, 0.2) is 0 Å². The average Bonchev–Trinajstić information content (AvgIpc) is 2.20. The molecule has 0 aliphatic heterocycles. The van der Waals surface area contributed by atoms with Crippen LogP contribution in [0.3, 0.4) is 0 Å². The second kappa shape index (κ2) is 30.6. The number of rotatable bonds is 0. The Hall–Kier alpha value is 1.41. The minimum absolute atomic E-state index is 0. The molecule has 0 amide bonds. The van der Waals surface area contributed by atoms with E-state index in [-0.39, 0.29) is 115 Å². The Morgan fingerprint density at radius 3 is 0.706 bits per heavy atom. The molecule has 0 rings (SSSR count). The summed E-state index contributed by atoms with van der Waals surface area (Å²) in [5, 5.41) is 0. The standard InChI is InChI=1S/C5H6F6.C5H12.C3H6O.C3H7.C2H6O2S.4CH4.2Y/c1-3(2,4(6,7)8)5(9,10)11;1-5(2,3)4;1-3(2)4;1-3-2;1-5(2,3)4;;;;;;/h1-2H3;1-4H3;1-2H3;3H,1-2H3;1-2H3;4*1H4;;/q;;;-1;;;;;;;. The number of ketones is 1. The van der Waals surface area contributed by atoms with Gasteiger partial charge in [-0.05, 0) is 33.1 Å². The summed E-state index contributed by atoms with van der Waals surface area (Å²) < 4.78 is 88.9. The second-order valence-electron chi connectivity index (χ2n) is 8.25. The van der Waals surface area contributed by atoms with Crippen LogP contribution in [-0.2, 0) is 80.1 Å². The number of sulfone groups is 1. The molecule has 0 fully saturated rings. The molecule has 2 radical (unpaired) electrons. The Bertz CT molecular complexity index is 464. The zero-order valence-corrected chi connectivity index (χ0v) is 26.6. The molecule has 0 saturated heterocycles. The van der Waals surface area contributed by atoms with Crippen LogP contribution in [-0.4, -0.2) is 39.1 Å². The van der Waals surface area contributed by atoms with E-state index in [1.165, 1.54) is 13.8 Å². The zero-order valence-electron chi connectivity index (χ0n) is 20.1. The first-order valence-electron chi connectivity index (χ1n) is 8.14. The maximum atomic E-state index is 11.6. The number of hydrogen-bond donors (Lipinski definition) is 0. The summed E-state index contributed by atoms with van der Waals surface area (Å²) in [5.41, 5.74) is -3.12. The molecule has 0 aromatic rings. The van der Waals surface area contributed by atoms with Gasteiger partial charge >= 0.3 is 12.4 Å². The van der Waals surface area contributed by atoms with Gasteiger partial charge in [0.2, 0.25) is 0 Å². The SMILES string of the molecule is C.C.C.C.CC(C)(C(F)(F)F)C(F)(F)F.CC(C)(C)C.CC(C)=O.CS(C)(=O)=O.C[CH-]C.[Y].[Y]. The molecule has 214 valence electrons. The van der Waals surface area contributed by atoms with E-state index in [9.17, 15) is 39.6 Å². The van der Waals surface area contributed by atoms with Crippen molar-refractivity contribution in [3.8, 4) is 0 Å². The van der Waals surface area contributed by atoms with Crippen molar-refractivity contribution in [2.45, 2.75) is 111 Å². The predicted molar refractivity (Wildman–Crippen MR) is 131 cm³/mol. The molecular weight excluding hydrogens is 636 g/mol. The molecule has 0 aliphatic carbocycles. The summed E-state index contributed by atoms with van der Waals surface area (Å²) >= 11 is 0. The Labute approximate surface area is 259 Å². The number of Topliss-reactive ketones (excluding diaryl/α,β-unsaturated/α-hetero) is 1. The maximum absolute atomic E-state index is 11.6. The molecule has 0 aromatic carbocycles. The molecule has 0 N–H and O–H groups in total. The van der Waals surface area contributed by atoms with Gasteiger partial charge in [-0.2, -0.15) is 40.2 Å². The Kier molecular flexibility index (Phi) is 63.4. The third-order valence-electron chi connectivity index (χ3n) is 1.42. The number of carbonyl (C=O) groups is 1. The van der Waals surface area contributed by atoms with Gasteiger partial charge < -0.3 is 11.2 Å². The fourth-order valence-electron chi connectivity index (χ4n) is 0.161. The van der Waals surface area contributed by atoms with Crippen LogP contribution < -0.4 is 0 Å². The van der Waals surface area contributed by atoms with Crippen molar-refractivity contribution in [3.05, 3.63) is 6.42 Å². The van der Waals surface area contributed by atoms with Crippen molar-refractivity contribution in [1.82, 2.24) is 0 Å². The zero-order chi connectivity index (χ0) is 24.8. The molecular formula is C22H53F6O3SY2-. The van der Waals surface area contributed by atoms with E-state index >= 15 is 0 Å². The van der Waals surface area contributed by atoms with Gasteiger partial charge in [-0.25, -0.2) is 8.42 Å². The van der Waals surface area contributed by atoms with Gasteiger partial charge in [0.1, 0.15) is 15.6 Å². The number of hydrogen-bond acceptors (Lipinski definition) is 3. The number of alkyl halides is 6. The van der Waals surface area contributed by atoms with Crippen LogP contribution >= 0.6 is 0 Å². The van der Waals surface area contributed by atoms with Gasteiger partial charge in [-0.15, -0.1) is 0 Å². The van der Waals surface area contributed by atoms with Gasteiger partial charge in [-0.3, -0.25) is 0 Å². The van der Waals surface area contributed by atoms with Crippen LogP contribution in [0.2, 0.25) is 0 Å². The smallest absolute Gasteiger partial charge is 0.335 e. The first-order valence-corrected chi connectivity index (χ1v) is 10.4. The molecule has 0 saturated carbocycles. The van der Waals surface area contributed by atoms with Gasteiger partial charge in [0.25, 0.3) is 0 Å². The molecule has 0 unspecified atom stereocenters. The molecule has 0 atom stereocenters. The van der Waals surface area contributed by atoms with Crippen LogP contribution in [0, 0.1) is 17.3 Å². The minimum atomic E-state index is -5.24. The summed E-state index contributed by atoms with van der Waals surface area (Å²) in [6, 6.07) is 0. The Balaban J connectivity index is -0.0000000224. The first-order chi connectivity index (χ1) is 11.6. The molecule has 0 bridgehead atoms. The van der Waals surface area contributed by atoms with E-state index in [4.69, 9.17) is 0 Å². The van der Waals surface area contributed by atoms with Crippen LogP contribution in [0.5, 0.6) is 0 Å². The quantitative estimate of drug-likeness (QED) is 0.188. The molecule has 3 nitrogen and oxygen atoms in total. The minimum Gasteiger partial charge on any atom is -0.335 e. The second-order valence-corrected chi connectivity index (χ2v) is 10.5. The normalized spacial score (nSPS) is 9.71. The van der Waals surface area contributed by atoms with Crippen molar-refractivity contribution in [2.75, 3.05) is 12.5 Å². The summed E-state index contributed by atoms with van der Waals surface area (Å²) in [4.78, 5) is 9.44. The van der Waals surface area contributed by atoms with E-state index in [0.29, 0.717) is 5.41 Å². The Morgan fingerprint density at radius 2 is 0.706 bits per heavy atom. The van der Waals surface area contributed by atoms with E-state index in [1.54, 1.807) is 0 Å².